The summed E-state index contributed by atoms with van der Waals surface area (Å²) in [5, 5.41) is 3.04. The summed E-state index contributed by atoms with van der Waals surface area (Å²) in [4.78, 5) is 34.5. The van der Waals surface area contributed by atoms with Crippen LogP contribution in [0, 0.1) is 0 Å². The van der Waals surface area contributed by atoms with Crippen LogP contribution in [-0.4, -0.2) is 84.2 Å². The number of carbonyl (C=O) groups excluding carboxylic acids is 1. The molecule has 0 bridgehead atoms. The second-order valence-corrected chi connectivity index (χ2v) is 10.9. The zero-order chi connectivity index (χ0) is 26.6. The molecule has 202 valence electrons. The Morgan fingerprint density at radius 2 is 1.74 bits per heavy atom. The van der Waals surface area contributed by atoms with Crippen LogP contribution in [0.25, 0.3) is 11.1 Å². The number of benzene rings is 1. The Morgan fingerprint density at radius 3 is 2.54 bits per heavy atom. The van der Waals surface area contributed by atoms with Gasteiger partial charge in [-0.05, 0) is 73.7 Å². The van der Waals surface area contributed by atoms with E-state index in [-0.39, 0.29) is 5.91 Å². The third-order valence-corrected chi connectivity index (χ3v) is 8.02. The first-order valence-corrected chi connectivity index (χ1v) is 14.2. The molecule has 1 amide bonds. The lowest BCUT2D eigenvalue weighted by Crippen LogP contribution is -2.43. The third-order valence-electron chi connectivity index (χ3n) is 8.02. The number of nitrogens with zero attached hydrogens (tertiary/aromatic N) is 6. The largest absolute Gasteiger partial charge is 0.357 e. The lowest BCUT2D eigenvalue weighted by molar-refractivity contribution is -0.110. The normalized spacial score (nSPS) is 18.4. The lowest BCUT2D eigenvalue weighted by atomic mass is 9.94. The lowest BCUT2D eigenvalue weighted by Gasteiger charge is -2.32. The smallest absolute Gasteiger partial charge is 0.274 e. The van der Waals surface area contributed by atoms with E-state index in [0.29, 0.717) is 17.9 Å². The van der Waals surface area contributed by atoms with E-state index in [1.807, 2.05) is 24.5 Å². The highest BCUT2D eigenvalue weighted by Gasteiger charge is 2.22. The standard InChI is InChI=1S/C31H37N7O/c1-36-13-15-37(16-14-36)22-23-17-26(20-32-19-23)25-7-6-24-5-4-10-33-30(28(24)18-25)31(39)35-27-8-9-29(34-21-27)38-11-2-3-12-38/h6-9,17-21H,2-5,10-16,22H2,1H3,(H,35,39). The Morgan fingerprint density at radius 1 is 0.897 bits per heavy atom. The number of nitrogens with one attached hydrogen (secondary N) is 1. The molecule has 0 atom stereocenters. The highest BCUT2D eigenvalue weighted by Crippen LogP contribution is 2.27. The van der Waals surface area contributed by atoms with Crippen LogP contribution in [0.4, 0.5) is 11.5 Å². The molecule has 2 fully saturated rings. The van der Waals surface area contributed by atoms with Crippen molar-refractivity contribution >= 4 is 23.1 Å². The number of amides is 1. The van der Waals surface area contributed by atoms with Gasteiger partial charge in [-0.1, -0.05) is 12.1 Å². The third kappa shape index (κ3) is 6.02. The van der Waals surface area contributed by atoms with Gasteiger partial charge in [0, 0.05) is 75.9 Å². The molecule has 5 heterocycles. The number of likely N-dealkylation sites (N-methyl/N-ethyl adjacent to an activating group) is 1. The second kappa shape index (κ2) is 11.6. The first-order valence-electron chi connectivity index (χ1n) is 14.2. The van der Waals surface area contributed by atoms with E-state index < -0.39 is 0 Å². The zero-order valence-corrected chi connectivity index (χ0v) is 22.8. The first kappa shape index (κ1) is 25.6. The first-order chi connectivity index (χ1) is 19.1. The topological polar surface area (TPSA) is 77.0 Å². The van der Waals surface area contributed by atoms with Crippen LogP contribution in [0.2, 0.25) is 0 Å². The molecule has 3 aliphatic rings. The fraction of sp³-hybridized carbons (Fsp3) is 0.419. The molecule has 39 heavy (non-hydrogen) atoms. The van der Waals surface area contributed by atoms with Gasteiger partial charge in [0.1, 0.15) is 11.5 Å². The Labute approximate surface area is 230 Å². The van der Waals surface area contributed by atoms with Gasteiger partial charge in [-0.25, -0.2) is 4.98 Å². The average Bonchev–Trinajstić information content (AvgIpc) is 3.42. The highest BCUT2D eigenvalue weighted by atomic mass is 16.1. The van der Waals surface area contributed by atoms with E-state index in [0.717, 1.165) is 86.7 Å². The molecule has 8 nitrogen and oxygen atoms in total. The Bertz CT molecular complexity index is 1340. The molecule has 2 aromatic heterocycles. The van der Waals surface area contributed by atoms with Crippen molar-refractivity contribution in [2.45, 2.75) is 32.2 Å². The molecule has 0 spiro atoms. The quantitative estimate of drug-likeness (QED) is 0.529. The van der Waals surface area contributed by atoms with Crippen molar-refractivity contribution in [2.24, 2.45) is 4.99 Å². The number of rotatable bonds is 6. The van der Waals surface area contributed by atoms with Crippen LogP contribution < -0.4 is 10.2 Å². The molecule has 1 N–H and O–H groups in total. The molecule has 1 aromatic carbocycles. The predicted octanol–water partition coefficient (Wildman–Crippen LogP) is 3.87. The summed E-state index contributed by atoms with van der Waals surface area (Å²) in [6, 6.07) is 12.6. The molecule has 6 rings (SSSR count). The molecule has 0 radical (unpaired) electrons. The van der Waals surface area contributed by atoms with Crippen molar-refractivity contribution in [2.75, 3.05) is 63.1 Å². The maximum absolute atomic E-state index is 13.5. The number of anilines is 2. The molecule has 8 heteroatoms. The molecule has 0 aliphatic carbocycles. The van der Waals surface area contributed by atoms with Gasteiger partial charge in [0.2, 0.25) is 0 Å². The number of aryl methyl sites for hydroxylation is 1. The second-order valence-electron chi connectivity index (χ2n) is 10.9. The van der Waals surface area contributed by atoms with Crippen LogP contribution in [0.15, 0.2) is 60.0 Å². The molecule has 0 unspecified atom stereocenters. The van der Waals surface area contributed by atoms with Crippen LogP contribution >= 0.6 is 0 Å². The van der Waals surface area contributed by atoms with Crippen molar-refractivity contribution < 1.29 is 4.79 Å². The van der Waals surface area contributed by atoms with Crippen molar-refractivity contribution in [1.82, 2.24) is 19.8 Å². The number of piperazine rings is 1. The molecule has 3 aliphatic heterocycles. The number of aromatic nitrogens is 2. The van der Waals surface area contributed by atoms with Gasteiger partial charge in [0.25, 0.3) is 5.91 Å². The van der Waals surface area contributed by atoms with Crippen LogP contribution in [0.1, 0.15) is 36.0 Å². The number of fused-ring (bicyclic) bond motifs is 1. The van der Waals surface area contributed by atoms with E-state index in [4.69, 9.17) is 4.99 Å². The Hall–Kier alpha value is -3.62. The van der Waals surface area contributed by atoms with E-state index in [2.05, 4.69) is 61.3 Å². The summed E-state index contributed by atoms with van der Waals surface area (Å²) in [6.07, 6.45) is 9.87. The highest BCUT2D eigenvalue weighted by molar-refractivity contribution is 6.49. The Balaban J connectivity index is 1.20. The van der Waals surface area contributed by atoms with Gasteiger partial charge in [0.15, 0.2) is 0 Å². The predicted molar refractivity (Wildman–Crippen MR) is 156 cm³/mol. The monoisotopic (exact) mass is 523 g/mol. The minimum atomic E-state index is -0.187. The Kier molecular flexibility index (Phi) is 7.65. The van der Waals surface area contributed by atoms with E-state index >= 15 is 0 Å². The fourth-order valence-corrected chi connectivity index (χ4v) is 5.71. The van der Waals surface area contributed by atoms with Gasteiger partial charge in [-0.2, -0.15) is 0 Å². The number of carbonyl (C=O) groups is 1. The summed E-state index contributed by atoms with van der Waals surface area (Å²) >= 11 is 0. The van der Waals surface area contributed by atoms with E-state index in [9.17, 15) is 4.79 Å². The summed E-state index contributed by atoms with van der Waals surface area (Å²) in [6.45, 7) is 7.98. The summed E-state index contributed by atoms with van der Waals surface area (Å²) in [5.74, 6) is 0.781. The zero-order valence-electron chi connectivity index (χ0n) is 22.8. The maximum Gasteiger partial charge on any atom is 0.274 e. The average molecular weight is 524 g/mol. The molecular weight excluding hydrogens is 486 g/mol. The molecule has 0 saturated carbocycles. The van der Waals surface area contributed by atoms with Gasteiger partial charge in [-0.15, -0.1) is 0 Å². The van der Waals surface area contributed by atoms with Crippen LogP contribution in [0.5, 0.6) is 0 Å². The summed E-state index contributed by atoms with van der Waals surface area (Å²) in [5.41, 5.74) is 6.59. The molecular formula is C31H37N7O. The number of hydrogen-bond donors (Lipinski definition) is 1. The van der Waals surface area contributed by atoms with Crippen LogP contribution in [0.3, 0.4) is 0 Å². The van der Waals surface area contributed by atoms with Gasteiger partial charge < -0.3 is 15.1 Å². The van der Waals surface area contributed by atoms with Crippen molar-refractivity contribution in [1.29, 1.82) is 0 Å². The van der Waals surface area contributed by atoms with E-state index in [1.165, 1.54) is 18.4 Å². The summed E-state index contributed by atoms with van der Waals surface area (Å²) in [7, 11) is 2.18. The molecule has 2 saturated heterocycles. The molecule has 3 aromatic rings. The van der Waals surface area contributed by atoms with Gasteiger partial charge in [-0.3, -0.25) is 19.7 Å². The minimum absolute atomic E-state index is 0.187. The number of aliphatic imine (C=N–C) groups is 1. The maximum atomic E-state index is 13.5. The SMILES string of the molecule is CN1CCN(Cc2cncc(-c3ccc4c(c3)C(C(=O)Nc3ccc(N5CCCC5)nc3)=NCCC4)c2)CC1. The van der Waals surface area contributed by atoms with E-state index in [1.54, 1.807) is 6.20 Å². The number of pyridine rings is 2. The number of hydrogen-bond acceptors (Lipinski definition) is 7. The van der Waals surface area contributed by atoms with Crippen molar-refractivity contribution in [3.8, 4) is 11.1 Å². The van der Waals surface area contributed by atoms with Crippen LogP contribution in [-0.2, 0) is 17.8 Å². The fourth-order valence-electron chi connectivity index (χ4n) is 5.71. The summed E-state index contributed by atoms with van der Waals surface area (Å²) < 4.78 is 0. The minimum Gasteiger partial charge on any atom is -0.357 e. The van der Waals surface area contributed by atoms with Crippen molar-refractivity contribution in [3.05, 3.63) is 71.7 Å². The van der Waals surface area contributed by atoms with Crippen molar-refractivity contribution in [3.63, 3.8) is 0 Å². The van der Waals surface area contributed by atoms with Gasteiger partial charge >= 0.3 is 0 Å². The van der Waals surface area contributed by atoms with Gasteiger partial charge in [0.05, 0.1) is 11.9 Å².